The predicted molar refractivity (Wildman–Crippen MR) is 59.5 cm³/mol. The number of esters is 1. The van der Waals surface area contributed by atoms with Crippen molar-refractivity contribution in [3.05, 3.63) is 16.1 Å². The number of thiazole rings is 1. The number of hydrogen-bond acceptors (Lipinski definition) is 6. The van der Waals surface area contributed by atoms with Crippen LogP contribution >= 0.6 is 23.1 Å². The Morgan fingerprint density at radius 1 is 1.73 bits per heavy atom. The molecule has 1 aromatic rings. The van der Waals surface area contributed by atoms with Gasteiger partial charge in [0.2, 0.25) is 0 Å². The van der Waals surface area contributed by atoms with Crippen molar-refractivity contribution in [2.24, 2.45) is 0 Å². The molecule has 0 amide bonds. The van der Waals surface area contributed by atoms with Crippen LogP contribution in [-0.2, 0) is 9.47 Å². The first kappa shape index (κ1) is 10.9. The van der Waals surface area contributed by atoms with Crippen LogP contribution in [0.25, 0.3) is 0 Å². The molecule has 0 radical (unpaired) electrons. The first-order chi connectivity index (χ1) is 7.31. The van der Waals surface area contributed by atoms with Crippen LogP contribution < -0.4 is 0 Å². The summed E-state index contributed by atoms with van der Waals surface area (Å²) in [5, 5.41) is 0.864. The molecule has 0 saturated carbocycles. The van der Waals surface area contributed by atoms with Crippen molar-refractivity contribution in [1.82, 2.24) is 4.98 Å². The van der Waals surface area contributed by atoms with Crippen LogP contribution in [0.3, 0.4) is 0 Å². The standard InChI is InChI=1S/C9H11NO3S2/c1-12-9(11)7-4-10-8(15-7)6-5-14-3-2-13-6/h4,6H,2-3,5H2,1H3. The molecule has 6 heteroatoms. The Hall–Kier alpha value is -0.590. The number of hydrogen-bond donors (Lipinski definition) is 0. The molecule has 1 aliphatic heterocycles. The van der Waals surface area contributed by atoms with Crippen LogP contribution in [0, 0.1) is 0 Å². The minimum Gasteiger partial charge on any atom is -0.465 e. The normalized spacial score (nSPS) is 21.3. The summed E-state index contributed by atoms with van der Waals surface area (Å²) in [6.07, 6.45) is 1.58. The van der Waals surface area contributed by atoms with Gasteiger partial charge in [0.15, 0.2) is 0 Å². The zero-order chi connectivity index (χ0) is 10.7. The van der Waals surface area contributed by atoms with Gasteiger partial charge in [-0.25, -0.2) is 9.78 Å². The minimum absolute atomic E-state index is 0.0344. The van der Waals surface area contributed by atoms with Crippen LogP contribution in [0.15, 0.2) is 6.20 Å². The number of ether oxygens (including phenoxy) is 2. The fourth-order valence-electron chi connectivity index (χ4n) is 1.26. The minimum atomic E-state index is -0.331. The van der Waals surface area contributed by atoms with Gasteiger partial charge in [0.1, 0.15) is 16.0 Å². The van der Waals surface area contributed by atoms with E-state index < -0.39 is 0 Å². The average molecular weight is 245 g/mol. The summed E-state index contributed by atoms with van der Waals surface area (Å²) < 4.78 is 10.2. The fraction of sp³-hybridized carbons (Fsp3) is 0.556. The molecule has 0 bridgehead atoms. The Labute approximate surface area is 96.0 Å². The van der Waals surface area contributed by atoms with Gasteiger partial charge in [-0.05, 0) is 0 Å². The highest BCUT2D eigenvalue weighted by Crippen LogP contribution is 2.29. The number of methoxy groups -OCH3 is 1. The Morgan fingerprint density at radius 3 is 3.27 bits per heavy atom. The molecule has 1 aromatic heterocycles. The molecular formula is C9H11NO3S2. The molecule has 1 saturated heterocycles. The van der Waals surface area contributed by atoms with E-state index in [0.29, 0.717) is 4.88 Å². The molecule has 2 rings (SSSR count). The molecule has 2 heterocycles. The lowest BCUT2D eigenvalue weighted by atomic mass is 10.4. The van der Waals surface area contributed by atoms with Gasteiger partial charge >= 0.3 is 5.97 Å². The molecule has 0 aromatic carbocycles. The second kappa shape index (κ2) is 4.96. The van der Waals surface area contributed by atoms with Crippen molar-refractivity contribution >= 4 is 29.1 Å². The van der Waals surface area contributed by atoms with Crippen molar-refractivity contribution in [3.63, 3.8) is 0 Å². The molecule has 0 spiro atoms. The molecule has 1 fully saturated rings. The smallest absolute Gasteiger partial charge is 0.349 e. The lowest BCUT2D eigenvalue weighted by Gasteiger charge is -2.19. The summed E-state index contributed by atoms with van der Waals surface area (Å²) in [4.78, 5) is 15.9. The summed E-state index contributed by atoms with van der Waals surface area (Å²) in [7, 11) is 1.37. The SMILES string of the molecule is COC(=O)c1cnc(C2CSCCO2)s1. The molecule has 82 valence electrons. The second-order valence-electron chi connectivity index (χ2n) is 2.99. The Balaban J connectivity index is 2.08. The highest BCUT2D eigenvalue weighted by atomic mass is 32.2. The lowest BCUT2D eigenvalue weighted by molar-refractivity contribution is 0.0606. The van der Waals surface area contributed by atoms with E-state index >= 15 is 0 Å². The van der Waals surface area contributed by atoms with Gasteiger partial charge in [-0.1, -0.05) is 0 Å². The van der Waals surface area contributed by atoms with E-state index in [1.165, 1.54) is 18.4 Å². The zero-order valence-electron chi connectivity index (χ0n) is 8.26. The molecule has 0 N–H and O–H groups in total. The summed E-state index contributed by atoms with van der Waals surface area (Å²) in [6, 6.07) is 0. The van der Waals surface area contributed by atoms with E-state index in [-0.39, 0.29) is 12.1 Å². The van der Waals surface area contributed by atoms with E-state index in [9.17, 15) is 4.79 Å². The first-order valence-corrected chi connectivity index (χ1v) is 6.52. The number of nitrogens with zero attached hydrogens (tertiary/aromatic N) is 1. The Morgan fingerprint density at radius 2 is 2.60 bits per heavy atom. The van der Waals surface area contributed by atoms with E-state index in [1.54, 1.807) is 6.20 Å². The fourth-order valence-corrected chi connectivity index (χ4v) is 3.10. The maximum absolute atomic E-state index is 11.2. The maximum atomic E-state index is 11.2. The van der Waals surface area contributed by atoms with Crippen LogP contribution in [0.5, 0.6) is 0 Å². The van der Waals surface area contributed by atoms with Gasteiger partial charge in [0, 0.05) is 11.5 Å². The first-order valence-electron chi connectivity index (χ1n) is 4.54. The molecule has 4 nitrogen and oxygen atoms in total. The second-order valence-corrected chi connectivity index (χ2v) is 5.20. The monoisotopic (exact) mass is 245 g/mol. The highest BCUT2D eigenvalue weighted by Gasteiger charge is 2.21. The number of aromatic nitrogens is 1. The molecule has 1 unspecified atom stereocenters. The van der Waals surface area contributed by atoms with E-state index in [0.717, 1.165) is 23.1 Å². The quantitative estimate of drug-likeness (QED) is 0.743. The van der Waals surface area contributed by atoms with Crippen LogP contribution in [0.1, 0.15) is 20.8 Å². The Kier molecular flexibility index (Phi) is 3.61. The summed E-state index contributed by atoms with van der Waals surface area (Å²) in [5.41, 5.74) is 0. The lowest BCUT2D eigenvalue weighted by Crippen LogP contribution is -2.15. The van der Waals surface area contributed by atoms with Crippen LogP contribution in [0.2, 0.25) is 0 Å². The van der Waals surface area contributed by atoms with E-state index in [4.69, 9.17) is 4.74 Å². The average Bonchev–Trinajstić information content (AvgIpc) is 2.78. The van der Waals surface area contributed by atoms with Crippen LogP contribution in [-0.4, -0.2) is 36.2 Å². The highest BCUT2D eigenvalue weighted by molar-refractivity contribution is 7.99. The molecule has 0 aliphatic carbocycles. The Bertz CT molecular complexity index is 347. The summed E-state index contributed by atoms with van der Waals surface area (Å²) >= 11 is 3.19. The van der Waals surface area contributed by atoms with Crippen LogP contribution in [0.4, 0.5) is 0 Å². The number of carbonyl (C=O) groups excluding carboxylic acids is 1. The van der Waals surface area contributed by atoms with Crippen molar-refractivity contribution in [2.45, 2.75) is 6.10 Å². The van der Waals surface area contributed by atoms with Gasteiger partial charge in [-0.2, -0.15) is 11.8 Å². The van der Waals surface area contributed by atoms with Gasteiger partial charge < -0.3 is 9.47 Å². The third-order valence-corrected chi connectivity index (χ3v) is 4.06. The summed E-state index contributed by atoms with van der Waals surface area (Å²) in [5.74, 6) is 1.61. The number of thioether (sulfide) groups is 1. The van der Waals surface area contributed by atoms with Crippen molar-refractivity contribution in [2.75, 3.05) is 25.2 Å². The van der Waals surface area contributed by atoms with Gasteiger partial charge in [0.25, 0.3) is 0 Å². The van der Waals surface area contributed by atoms with Gasteiger partial charge in [-0.3, -0.25) is 0 Å². The van der Waals surface area contributed by atoms with E-state index in [1.807, 2.05) is 11.8 Å². The van der Waals surface area contributed by atoms with Gasteiger partial charge in [0.05, 0.1) is 19.9 Å². The molecule has 15 heavy (non-hydrogen) atoms. The molecule has 1 atom stereocenters. The van der Waals surface area contributed by atoms with Crippen molar-refractivity contribution in [1.29, 1.82) is 0 Å². The molecular weight excluding hydrogens is 234 g/mol. The predicted octanol–water partition coefficient (Wildman–Crippen LogP) is 1.73. The van der Waals surface area contributed by atoms with Crippen molar-refractivity contribution < 1.29 is 14.3 Å². The third-order valence-electron chi connectivity index (χ3n) is 2.00. The zero-order valence-corrected chi connectivity index (χ0v) is 9.90. The topological polar surface area (TPSA) is 48.4 Å². The van der Waals surface area contributed by atoms with Crippen molar-refractivity contribution in [3.8, 4) is 0 Å². The molecule has 1 aliphatic rings. The third kappa shape index (κ3) is 2.50. The summed E-state index contributed by atoms with van der Waals surface area (Å²) in [6.45, 7) is 0.752. The number of carbonyl (C=O) groups is 1. The number of rotatable bonds is 2. The van der Waals surface area contributed by atoms with E-state index in [2.05, 4.69) is 9.72 Å². The van der Waals surface area contributed by atoms with Gasteiger partial charge in [-0.15, -0.1) is 11.3 Å². The largest absolute Gasteiger partial charge is 0.465 e. The maximum Gasteiger partial charge on any atom is 0.349 e.